The molecule has 12 heteroatoms. The van der Waals surface area contributed by atoms with Crippen molar-refractivity contribution in [1.29, 1.82) is 0 Å². The third-order valence-corrected chi connectivity index (χ3v) is 9.35. The first-order valence-electron chi connectivity index (χ1n) is 15.2. The number of benzene rings is 2. The van der Waals surface area contributed by atoms with Crippen LogP contribution in [0.3, 0.4) is 0 Å². The number of rotatable bonds is 15. The number of ether oxygens (including phenoxy) is 3. The van der Waals surface area contributed by atoms with Gasteiger partial charge in [-0.1, -0.05) is 60.7 Å². The summed E-state index contributed by atoms with van der Waals surface area (Å²) in [5, 5.41) is 5.37. The summed E-state index contributed by atoms with van der Waals surface area (Å²) in [7, 11) is -3.44. The van der Waals surface area contributed by atoms with Crippen molar-refractivity contribution in [1.82, 2.24) is 5.01 Å². The monoisotopic (exact) mass is 642 g/mol. The van der Waals surface area contributed by atoms with Crippen LogP contribution >= 0.6 is 7.37 Å². The Morgan fingerprint density at radius 3 is 2.18 bits per heavy atom. The number of hydrogen-bond acceptors (Lipinski definition) is 10. The summed E-state index contributed by atoms with van der Waals surface area (Å²) < 4.78 is 35.0. The molecule has 3 atom stereocenters. The SMILES string of the molecule is CCOC(=O)C(OC(=O)C1CC(c2ccccc2)=NN1C(=O)CP(=O)(CCCCc1ccccc1)OCC)OC(=O)C(C)(C)C. The molecule has 45 heavy (non-hydrogen) atoms. The molecule has 1 aliphatic rings. The van der Waals surface area contributed by atoms with Crippen LogP contribution in [0.1, 0.15) is 65.0 Å². The van der Waals surface area contributed by atoms with E-state index in [1.165, 1.54) is 0 Å². The number of carbonyl (C=O) groups excluding carboxylic acids is 4. The standard InChI is InChI=1S/C33H43N2O9P/c1-6-41-30(38)31(44-32(39)33(3,4)5)43-29(37)27-22-26(25-19-12-9-13-20-25)34-35(27)28(36)23-45(40,42-7-2)21-15-14-18-24-16-10-8-11-17-24/h8-13,16-17,19-20,27,31H,6-7,14-15,18,21-23H2,1-5H3. The lowest BCUT2D eigenvalue weighted by atomic mass is 9.97. The Hall–Kier alpha value is -3.82. The Labute approximate surface area is 264 Å². The second kappa shape index (κ2) is 16.5. The maximum Gasteiger partial charge on any atom is 0.389 e. The minimum Gasteiger partial charge on any atom is -0.460 e. The zero-order valence-corrected chi connectivity index (χ0v) is 27.5. The summed E-state index contributed by atoms with van der Waals surface area (Å²) in [5.74, 6) is -3.59. The second-order valence-corrected chi connectivity index (χ2v) is 14.3. The normalized spacial score (nSPS) is 16.7. The van der Waals surface area contributed by atoms with Crippen molar-refractivity contribution in [2.24, 2.45) is 10.5 Å². The van der Waals surface area contributed by atoms with Gasteiger partial charge in [-0.05, 0) is 65.0 Å². The van der Waals surface area contributed by atoms with Crippen LogP contribution in [-0.4, -0.2) is 72.4 Å². The molecule has 0 N–H and O–H groups in total. The first-order valence-corrected chi connectivity index (χ1v) is 17.2. The maximum absolute atomic E-state index is 13.8. The van der Waals surface area contributed by atoms with Gasteiger partial charge in [-0.15, -0.1) is 0 Å². The lowest BCUT2D eigenvalue weighted by molar-refractivity contribution is -0.210. The van der Waals surface area contributed by atoms with Gasteiger partial charge in [-0.25, -0.2) is 14.6 Å². The molecule has 0 aliphatic carbocycles. The largest absolute Gasteiger partial charge is 0.460 e. The summed E-state index contributed by atoms with van der Waals surface area (Å²) in [6.45, 7) is 8.09. The van der Waals surface area contributed by atoms with Crippen LogP contribution in [0, 0.1) is 5.41 Å². The van der Waals surface area contributed by atoms with Gasteiger partial charge in [0.2, 0.25) is 7.37 Å². The summed E-state index contributed by atoms with van der Waals surface area (Å²) >= 11 is 0. The number of amides is 1. The second-order valence-electron chi connectivity index (χ2n) is 11.6. The van der Waals surface area contributed by atoms with Crippen LogP contribution in [0.4, 0.5) is 0 Å². The molecule has 0 bridgehead atoms. The van der Waals surface area contributed by atoms with E-state index in [0.717, 1.165) is 23.4 Å². The quantitative estimate of drug-likeness (QED) is 0.109. The Morgan fingerprint density at radius 1 is 0.933 bits per heavy atom. The Bertz CT molecular complexity index is 1390. The number of unbranched alkanes of at least 4 members (excludes halogenated alkanes) is 1. The molecule has 0 saturated carbocycles. The number of hydrazone groups is 1. The van der Waals surface area contributed by atoms with E-state index in [1.54, 1.807) is 58.9 Å². The predicted molar refractivity (Wildman–Crippen MR) is 169 cm³/mol. The summed E-state index contributed by atoms with van der Waals surface area (Å²) in [4.78, 5) is 52.4. The average molecular weight is 643 g/mol. The van der Waals surface area contributed by atoms with Gasteiger partial charge in [0.15, 0.2) is 6.04 Å². The van der Waals surface area contributed by atoms with Crippen molar-refractivity contribution < 1.29 is 42.5 Å². The molecule has 2 aromatic rings. The topological polar surface area (TPSA) is 138 Å². The molecule has 2 aromatic carbocycles. The third kappa shape index (κ3) is 10.6. The number of esters is 3. The van der Waals surface area contributed by atoms with Gasteiger partial charge >= 0.3 is 24.2 Å². The molecule has 1 amide bonds. The van der Waals surface area contributed by atoms with Gasteiger partial charge in [0.25, 0.3) is 5.91 Å². The molecule has 1 aliphatic heterocycles. The van der Waals surface area contributed by atoms with E-state index in [2.05, 4.69) is 5.10 Å². The first-order chi connectivity index (χ1) is 21.4. The van der Waals surface area contributed by atoms with E-state index in [-0.39, 0.29) is 25.8 Å². The number of hydrogen-bond donors (Lipinski definition) is 0. The molecule has 1 heterocycles. The van der Waals surface area contributed by atoms with Crippen molar-refractivity contribution in [3.63, 3.8) is 0 Å². The zero-order chi connectivity index (χ0) is 33.0. The maximum atomic E-state index is 13.8. The van der Waals surface area contributed by atoms with Crippen molar-refractivity contribution in [3.8, 4) is 0 Å². The van der Waals surface area contributed by atoms with Gasteiger partial charge in [-0.3, -0.25) is 14.2 Å². The van der Waals surface area contributed by atoms with Crippen LogP contribution < -0.4 is 0 Å². The summed E-state index contributed by atoms with van der Waals surface area (Å²) in [6, 6.07) is 17.6. The van der Waals surface area contributed by atoms with Gasteiger partial charge in [0.1, 0.15) is 6.16 Å². The van der Waals surface area contributed by atoms with E-state index in [0.29, 0.717) is 17.7 Å². The highest BCUT2D eigenvalue weighted by Crippen LogP contribution is 2.48. The molecule has 0 saturated heterocycles. The third-order valence-electron chi connectivity index (χ3n) is 6.87. The predicted octanol–water partition coefficient (Wildman–Crippen LogP) is 5.35. The molecule has 0 radical (unpaired) electrons. The molecule has 3 unspecified atom stereocenters. The minimum atomic E-state index is -3.44. The number of nitrogens with zero attached hydrogens (tertiary/aromatic N) is 2. The van der Waals surface area contributed by atoms with E-state index < -0.39 is 55.1 Å². The van der Waals surface area contributed by atoms with Crippen LogP contribution in [-0.2, 0) is 48.9 Å². The van der Waals surface area contributed by atoms with E-state index in [4.69, 9.17) is 18.7 Å². The fourth-order valence-corrected chi connectivity index (χ4v) is 6.66. The summed E-state index contributed by atoms with van der Waals surface area (Å²) in [6.07, 6.45) is -0.189. The number of carbonyl (C=O) groups is 4. The van der Waals surface area contributed by atoms with Crippen molar-refractivity contribution in [2.75, 3.05) is 25.5 Å². The first kappa shape index (κ1) is 35.7. The highest BCUT2D eigenvalue weighted by atomic mass is 31.2. The highest BCUT2D eigenvalue weighted by Gasteiger charge is 2.43. The fraction of sp³-hybridized carbons (Fsp3) is 0.485. The molecule has 0 aromatic heterocycles. The molecular formula is C33H43N2O9P. The average Bonchev–Trinajstić information content (AvgIpc) is 3.46. The van der Waals surface area contributed by atoms with Gasteiger partial charge in [0, 0.05) is 12.6 Å². The molecule has 3 rings (SSSR count). The fourth-order valence-electron chi connectivity index (χ4n) is 4.55. The molecule has 0 spiro atoms. The van der Waals surface area contributed by atoms with Crippen molar-refractivity contribution in [2.45, 2.75) is 72.6 Å². The summed E-state index contributed by atoms with van der Waals surface area (Å²) in [5.41, 5.74) is 1.24. The van der Waals surface area contributed by atoms with Crippen LogP contribution in [0.25, 0.3) is 0 Å². The van der Waals surface area contributed by atoms with E-state index in [1.807, 2.05) is 36.4 Å². The molecule has 0 fully saturated rings. The van der Waals surface area contributed by atoms with Crippen molar-refractivity contribution >= 4 is 36.9 Å². The lowest BCUT2D eigenvalue weighted by Crippen LogP contribution is -2.45. The molecular weight excluding hydrogens is 599 g/mol. The van der Waals surface area contributed by atoms with Crippen LogP contribution in [0.2, 0.25) is 0 Å². The molecule has 244 valence electrons. The highest BCUT2D eigenvalue weighted by molar-refractivity contribution is 7.59. The smallest absolute Gasteiger partial charge is 0.389 e. The van der Waals surface area contributed by atoms with Gasteiger partial charge in [0.05, 0.1) is 24.3 Å². The van der Waals surface area contributed by atoms with Crippen molar-refractivity contribution in [3.05, 3.63) is 71.8 Å². The number of aryl methyl sites for hydroxylation is 1. The molecule has 11 nitrogen and oxygen atoms in total. The Balaban J connectivity index is 1.80. The van der Waals surface area contributed by atoms with Crippen LogP contribution in [0.5, 0.6) is 0 Å². The minimum absolute atomic E-state index is 0.0483. The lowest BCUT2D eigenvalue weighted by Gasteiger charge is -2.26. The zero-order valence-electron chi connectivity index (χ0n) is 26.6. The van der Waals surface area contributed by atoms with Gasteiger partial charge in [-0.2, -0.15) is 5.10 Å². The van der Waals surface area contributed by atoms with E-state index >= 15 is 0 Å². The van der Waals surface area contributed by atoms with Gasteiger partial charge < -0.3 is 18.7 Å². The van der Waals surface area contributed by atoms with E-state index in [9.17, 15) is 23.7 Å². The van der Waals surface area contributed by atoms with Crippen LogP contribution in [0.15, 0.2) is 65.8 Å². The Morgan fingerprint density at radius 2 is 1.58 bits per heavy atom. The Kier molecular flexibility index (Phi) is 13.1.